The molecule has 2 aromatic carbocycles. The van der Waals surface area contributed by atoms with E-state index in [1.807, 2.05) is 65.6 Å². The Morgan fingerprint density at radius 1 is 1.00 bits per heavy atom. The van der Waals surface area contributed by atoms with E-state index in [0.29, 0.717) is 13.0 Å². The molecule has 23 heavy (non-hydrogen) atoms. The Bertz CT molecular complexity index is 687. The lowest BCUT2D eigenvalue weighted by molar-refractivity contribution is -0.136. The molecule has 120 valence electrons. The normalized spacial score (nSPS) is 22.8. The average Bonchev–Trinajstić information content (AvgIpc) is 2.60. The zero-order chi connectivity index (χ0) is 16.2. The van der Waals surface area contributed by atoms with Crippen LogP contribution in [-0.2, 0) is 22.1 Å². The fraction of sp³-hybridized carbons (Fsp3) is 0.316. The van der Waals surface area contributed by atoms with Crippen LogP contribution in [0.15, 0.2) is 65.6 Å². The number of carbonyl (C=O) groups is 1. The molecule has 0 bridgehead atoms. The van der Waals surface area contributed by atoms with E-state index >= 15 is 0 Å². The Balaban J connectivity index is 1.79. The third-order valence-electron chi connectivity index (χ3n) is 4.37. The van der Waals surface area contributed by atoms with Crippen molar-refractivity contribution in [2.24, 2.45) is 0 Å². The third kappa shape index (κ3) is 3.53. The zero-order valence-electron chi connectivity index (χ0n) is 13.2. The monoisotopic (exact) mass is 327 g/mol. The maximum Gasteiger partial charge on any atom is 0.239 e. The SMILES string of the molecule is CC1CCC(S(=O)c2ccccc2)C(=O)N1Cc1ccccc1. The van der Waals surface area contributed by atoms with Crippen LogP contribution in [0.2, 0.25) is 0 Å². The van der Waals surface area contributed by atoms with Gasteiger partial charge in [0.25, 0.3) is 0 Å². The van der Waals surface area contributed by atoms with E-state index in [4.69, 9.17) is 0 Å². The third-order valence-corrected chi connectivity index (χ3v) is 6.06. The minimum Gasteiger partial charge on any atom is -0.335 e. The summed E-state index contributed by atoms with van der Waals surface area (Å²) in [7, 11) is -1.28. The van der Waals surface area contributed by atoms with Crippen LogP contribution in [0.25, 0.3) is 0 Å². The molecule has 1 saturated heterocycles. The predicted octanol–water partition coefficient (Wildman–Crippen LogP) is 3.37. The molecule has 0 N–H and O–H groups in total. The van der Waals surface area contributed by atoms with E-state index in [0.717, 1.165) is 16.9 Å². The van der Waals surface area contributed by atoms with Crippen LogP contribution in [0.1, 0.15) is 25.3 Å². The summed E-state index contributed by atoms with van der Waals surface area (Å²) in [4.78, 5) is 15.5. The Kier molecular flexibility index (Phi) is 4.91. The molecule has 3 atom stereocenters. The number of carbonyl (C=O) groups excluding carboxylic acids is 1. The van der Waals surface area contributed by atoms with Crippen molar-refractivity contribution in [2.45, 2.75) is 42.5 Å². The van der Waals surface area contributed by atoms with Gasteiger partial charge in [-0.3, -0.25) is 9.00 Å². The van der Waals surface area contributed by atoms with Gasteiger partial charge >= 0.3 is 0 Å². The van der Waals surface area contributed by atoms with Gasteiger partial charge in [0.05, 0.1) is 10.8 Å². The topological polar surface area (TPSA) is 37.4 Å². The van der Waals surface area contributed by atoms with Gasteiger partial charge in [-0.2, -0.15) is 0 Å². The fourth-order valence-corrected chi connectivity index (χ4v) is 4.43. The van der Waals surface area contributed by atoms with Gasteiger partial charge in [0.2, 0.25) is 5.91 Å². The standard InChI is InChI=1S/C19H21NO2S/c1-15-12-13-18(23(22)17-10-6-3-7-11-17)19(21)20(15)14-16-8-4-2-5-9-16/h2-11,15,18H,12-14H2,1H3. The molecule has 3 rings (SSSR count). The van der Waals surface area contributed by atoms with Crippen molar-refractivity contribution in [1.82, 2.24) is 4.90 Å². The molecular weight excluding hydrogens is 306 g/mol. The Morgan fingerprint density at radius 2 is 1.61 bits per heavy atom. The molecule has 1 fully saturated rings. The van der Waals surface area contributed by atoms with E-state index in [9.17, 15) is 9.00 Å². The van der Waals surface area contributed by atoms with Gasteiger partial charge in [0.15, 0.2) is 0 Å². The smallest absolute Gasteiger partial charge is 0.239 e. The molecule has 4 heteroatoms. The van der Waals surface area contributed by atoms with E-state index < -0.39 is 16.0 Å². The van der Waals surface area contributed by atoms with Gasteiger partial charge in [-0.15, -0.1) is 0 Å². The zero-order valence-corrected chi connectivity index (χ0v) is 14.0. The van der Waals surface area contributed by atoms with Crippen molar-refractivity contribution < 1.29 is 9.00 Å². The quantitative estimate of drug-likeness (QED) is 0.863. The summed E-state index contributed by atoms with van der Waals surface area (Å²) in [5.74, 6) is 0.00906. The summed E-state index contributed by atoms with van der Waals surface area (Å²) in [5.41, 5.74) is 1.11. The van der Waals surface area contributed by atoms with Crippen LogP contribution in [-0.4, -0.2) is 26.3 Å². The van der Waals surface area contributed by atoms with E-state index in [1.54, 1.807) is 0 Å². The largest absolute Gasteiger partial charge is 0.335 e. The van der Waals surface area contributed by atoms with Crippen LogP contribution in [0.5, 0.6) is 0 Å². The van der Waals surface area contributed by atoms with Gasteiger partial charge in [-0.25, -0.2) is 0 Å². The first-order valence-electron chi connectivity index (χ1n) is 7.97. The molecular formula is C19H21NO2S. The number of amides is 1. The highest BCUT2D eigenvalue weighted by Crippen LogP contribution is 2.26. The van der Waals surface area contributed by atoms with Gasteiger partial charge < -0.3 is 4.90 Å². The molecule has 0 aliphatic carbocycles. The molecule has 0 spiro atoms. The maximum absolute atomic E-state index is 12.9. The van der Waals surface area contributed by atoms with Crippen LogP contribution < -0.4 is 0 Å². The number of benzene rings is 2. The molecule has 1 heterocycles. The molecule has 3 unspecified atom stereocenters. The first-order valence-corrected chi connectivity index (χ1v) is 9.18. The summed E-state index contributed by atoms with van der Waals surface area (Å²) < 4.78 is 12.8. The average molecular weight is 327 g/mol. The molecule has 3 nitrogen and oxygen atoms in total. The lowest BCUT2D eigenvalue weighted by Gasteiger charge is -2.37. The maximum atomic E-state index is 12.9. The second kappa shape index (κ2) is 7.09. The number of rotatable bonds is 4. The Hall–Kier alpha value is -1.94. The van der Waals surface area contributed by atoms with Crippen LogP contribution in [0.4, 0.5) is 0 Å². The molecule has 0 saturated carbocycles. The minimum absolute atomic E-state index is 0.00906. The lowest BCUT2D eigenvalue weighted by Crippen LogP contribution is -2.49. The predicted molar refractivity (Wildman–Crippen MR) is 92.3 cm³/mol. The van der Waals surface area contributed by atoms with Crippen molar-refractivity contribution in [1.29, 1.82) is 0 Å². The summed E-state index contributed by atoms with van der Waals surface area (Å²) in [6.07, 6.45) is 1.58. The van der Waals surface area contributed by atoms with Crippen molar-refractivity contribution in [3.05, 3.63) is 66.2 Å². The van der Waals surface area contributed by atoms with Gasteiger partial charge in [0.1, 0.15) is 5.25 Å². The molecule has 0 radical (unpaired) electrons. The van der Waals surface area contributed by atoms with Crippen molar-refractivity contribution in [3.8, 4) is 0 Å². The molecule has 0 aromatic heterocycles. The Labute approximate surface area is 139 Å². The number of hydrogen-bond donors (Lipinski definition) is 0. The van der Waals surface area contributed by atoms with Gasteiger partial charge in [-0.1, -0.05) is 48.5 Å². The van der Waals surface area contributed by atoms with Crippen LogP contribution in [0, 0.1) is 0 Å². The van der Waals surface area contributed by atoms with Crippen molar-refractivity contribution in [2.75, 3.05) is 0 Å². The highest BCUT2D eigenvalue weighted by atomic mass is 32.2. The van der Waals surface area contributed by atoms with E-state index in [-0.39, 0.29) is 11.9 Å². The summed E-state index contributed by atoms with van der Waals surface area (Å²) >= 11 is 0. The number of likely N-dealkylation sites (tertiary alicyclic amines) is 1. The highest BCUT2D eigenvalue weighted by Gasteiger charge is 2.37. The van der Waals surface area contributed by atoms with Crippen molar-refractivity contribution >= 4 is 16.7 Å². The van der Waals surface area contributed by atoms with E-state index in [2.05, 4.69) is 6.92 Å². The molecule has 1 amide bonds. The Morgan fingerprint density at radius 3 is 2.26 bits per heavy atom. The summed E-state index contributed by atoms with van der Waals surface area (Å²) in [6.45, 7) is 2.66. The van der Waals surface area contributed by atoms with E-state index in [1.165, 1.54) is 0 Å². The second-order valence-corrected chi connectivity index (χ2v) is 7.61. The minimum atomic E-state index is -1.28. The number of hydrogen-bond acceptors (Lipinski definition) is 2. The number of piperidine rings is 1. The first-order chi connectivity index (χ1) is 11.2. The van der Waals surface area contributed by atoms with Gasteiger partial charge in [-0.05, 0) is 37.5 Å². The molecule has 1 aliphatic heterocycles. The van der Waals surface area contributed by atoms with Gasteiger partial charge in [0, 0.05) is 17.5 Å². The lowest BCUT2D eigenvalue weighted by atomic mass is 10.0. The fourth-order valence-electron chi connectivity index (χ4n) is 3.01. The van der Waals surface area contributed by atoms with Crippen LogP contribution >= 0.6 is 0 Å². The van der Waals surface area contributed by atoms with Crippen molar-refractivity contribution in [3.63, 3.8) is 0 Å². The summed E-state index contributed by atoms with van der Waals surface area (Å²) in [6, 6.07) is 19.5. The highest BCUT2D eigenvalue weighted by molar-refractivity contribution is 7.86. The van der Waals surface area contributed by atoms with Crippen LogP contribution in [0.3, 0.4) is 0 Å². The summed E-state index contributed by atoms with van der Waals surface area (Å²) in [5, 5.41) is -0.433. The first kappa shape index (κ1) is 15.9. The number of nitrogens with zero attached hydrogens (tertiary/aromatic N) is 1. The second-order valence-electron chi connectivity index (χ2n) is 5.98. The molecule has 1 aliphatic rings. The molecule has 2 aromatic rings.